The Morgan fingerprint density at radius 1 is 1.43 bits per heavy atom. The summed E-state index contributed by atoms with van der Waals surface area (Å²) in [6.45, 7) is 2.13. The molecule has 1 aliphatic heterocycles. The van der Waals surface area contributed by atoms with Crippen LogP contribution >= 0.6 is 11.8 Å². The van der Waals surface area contributed by atoms with Gasteiger partial charge in [-0.2, -0.15) is 0 Å². The van der Waals surface area contributed by atoms with Crippen molar-refractivity contribution in [1.82, 2.24) is 9.55 Å². The van der Waals surface area contributed by atoms with Crippen molar-refractivity contribution in [1.29, 1.82) is 0 Å². The van der Waals surface area contributed by atoms with Gasteiger partial charge in [0.25, 0.3) is 0 Å². The highest BCUT2D eigenvalue weighted by Crippen LogP contribution is 2.33. The molecular weight excluding hydrogens is 192 g/mol. The summed E-state index contributed by atoms with van der Waals surface area (Å²) in [6.07, 6.45) is 3.88. The molecule has 0 fully saturated rings. The minimum atomic E-state index is 1.04. The van der Waals surface area contributed by atoms with Crippen molar-refractivity contribution in [3.8, 4) is 5.69 Å². The summed E-state index contributed by atoms with van der Waals surface area (Å²) in [5, 5.41) is 1.10. The number of nitrogens with zero attached hydrogens (tertiary/aromatic N) is 2. The molecule has 0 bridgehead atoms. The predicted octanol–water partition coefficient (Wildman–Crippen LogP) is 2.79. The number of benzene rings is 1. The lowest BCUT2D eigenvalue weighted by Crippen LogP contribution is -2.04. The van der Waals surface area contributed by atoms with Crippen LogP contribution in [-0.4, -0.2) is 9.55 Å². The van der Waals surface area contributed by atoms with Crippen LogP contribution < -0.4 is 0 Å². The number of rotatable bonds is 0. The van der Waals surface area contributed by atoms with E-state index in [1.54, 1.807) is 11.8 Å². The van der Waals surface area contributed by atoms with Gasteiger partial charge >= 0.3 is 0 Å². The highest BCUT2D eigenvalue weighted by atomic mass is 32.2. The van der Waals surface area contributed by atoms with Gasteiger partial charge in [-0.1, -0.05) is 29.5 Å². The second kappa shape index (κ2) is 2.89. The van der Waals surface area contributed by atoms with Crippen LogP contribution in [0.4, 0.5) is 0 Å². The van der Waals surface area contributed by atoms with E-state index >= 15 is 0 Å². The van der Waals surface area contributed by atoms with E-state index in [0.29, 0.717) is 0 Å². The Morgan fingerprint density at radius 3 is 3.29 bits per heavy atom. The molecule has 0 aliphatic carbocycles. The normalized spacial score (nSPS) is 13.5. The van der Waals surface area contributed by atoms with E-state index < -0.39 is 0 Å². The molecule has 14 heavy (non-hydrogen) atoms. The van der Waals surface area contributed by atoms with Crippen LogP contribution in [0, 0.1) is 6.92 Å². The second-order valence-electron chi connectivity index (χ2n) is 3.50. The zero-order valence-corrected chi connectivity index (χ0v) is 8.71. The molecule has 2 aromatic rings. The molecule has 0 atom stereocenters. The molecule has 1 aromatic heterocycles. The maximum absolute atomic E-state index is 4.30. The first kappa shape index (κ1) is 8.12. The van der Waals surface area contributed by atoms with Crippen LogP contribution in [0.3, 0.4) is 0 Å². The maximum Gasteiger partial charge on any atom is 0.172 e. The van der Waals surface area contributed by atoms with Gasteiger partial charge < -0.3 is 0 Å². The van der Waals surface area contributed by atoms with Gasteiger partial charge in [-0.3, -0.25) is 4.57 Å². The average Bonchev–Trinajstić information content (AvgIpc) is 2.65. The third-order valence-corrected chi connectivity index (χ3v) is 3.47. The molecule has 70 valence electrons. The maximum atomic E-state index is 4.30. The molecule has 0 spiro atoms. The van der Waals surface area contributed by atoms with Crippen molar-refractivity contribution in [2.24, 2.45) is 0 Å². The highest BCUT2D eigenvalue weighted by molar-refractivity contribution is 7.98. The lowest BCUT2D eigenvalue weighted by atomic mass is 10.1. The first-order chi connectivity index (χ1) is 6.84. The Bertz CT molecular complexity index is 488. The van der Waals surface area contributed by atoms with Crippen molar-refractivity contribution in [2.45, 2.75) is 17.8 Å². The molecule has 0 saturated carbocycles. The van der Waals surface area contributed by atoms with E-state index in [1.165, 1.54) is 16.8 Å². The monoisotopic (exact) mass is 202 g/mol. The lowest BCUT2D eigenvalue weighted by molar-refractivity contribution is 0.871. The fraction of sp³-hybridized carbons (Fsp3) is 0.182. The first-order valence-electron chi connectivity index (χ1n) is 4.60. The Hall–Kier alpha value is -1.22. The molecular formula is C11H10N2S. The molecule has 3 heteroatoms. The summed E-state index contributed by atoms with van der Waals surface area (Å²) >= 11 is 1.80. The van der Waals surface area contributed by atoms with E-state index in [9.17, 15) is 0 Å². The Kier molecular flexibility index (Phi) is 1.67. The zero-order chi connectivity index (χ0) is 9.54. The Balaban J connectivity index is 2.26. The van der Waals surface area contributed by atoms with E-state index in [2.05, 4.69) is 34.7 Å². The fourth-order valence-electron chi connectivity index (χ4n) is 1.79. The van der Waals surface area contributed by atoms with E-state index in [0.717, 1.165) is 10.9 Å². The van der Waals surface area contributed by atoms with Gasteiger partial charge in [-0.25, -0.2) is 4.98 Å². The number of imidazole rings is 1. The molecule has 1 aromatic carbocycles. The lowest BCUT2D eigenvalue weighted by Gasteiger charge is -2.17. The third kappa shape index (κ3) is 1.09. The van der Waals surface area contributed by atoms with Crippen molar-refractivity contribution in [3.05, 3.63) is 41.7 Å². The summed E-state index contributed by atoms with van der Waals surface area (Å²) in [4.78, 5) is 4.30. The highest BCUT2D eigenvalue weighted by Gasteiger charge is 2.15. The van der Waals surface area contributed by atoms with Crippen molar-refractivity contribution < 1.29 is 0 Å². The number of hydrogen-bond acceptors (Lipinski definition) is 2. The van der Waals surface area contributed by atoms with Crippen LogP contribution in [0.15, 0.2) is 35.7 Å². The standard InChI is InChI=1S/C11H10N2S/c1-8-2-3-10-9(6-8)7-14-11-12-4-5-13(10)11/h2-6H,7H2,1H3. The summed E-state index contributed by atoms with van der Waals surface area (Å²) in [5.74, 6) is 1.04. The minimum Gasteiger partial charge on any atom is -0.295 e. The third-order valence-electron chi connectivity index (χ3n) is 2.46. The predicted molar refractivity (Wildman–Crippen MR) is 57.9 cm³/mol. The zero-order valence-electron chi connectivity index (χ0n) is 7.90. The first-order valence-corrected chi connectivity index (χ1v) is 5.59. The smallest absolute Gasteiger partial charge is 0.172 e. The van der Waals surface area contributed by atoms with Crippen LogP contribution in [0.2, 0.25) is 0 Å². The van der Waals surface area contributed by atoms with Crippen LogP contribution in [0.1, 0.15) is 11.1 Å². The molecule has 0 N–H and O–H groups in total. The van der Waals surface area contributed by atoms with Gasteiger partial charge in [-0.15, -0.1) is 0 Å². The van der Waals surface area contributed by atoms with Gasteiger partial charge in [0, 0.05) is 18.1 Å². The summed E-state index contributed by atoms with van der Waals surface area (Å²) in [5.41, 5.74) is 4.01. The molecule has 2 heterocycles. The molecule has 0 saturated heterocycles. The van der Waals surface area contributed by atoms with E-state index in [1.807, 2.05) is 12.4 Å². The molecule has 3 rings (SSSR count). The largest absolute Gasteiger partial charge is 0.295 e. The van der Waals surface area contributed by atoms with Gasteiger partial charge in [0.2, 0.25) is 0 Å². The minimum absolute atomic E-state index is 1.04. The number of fused-ring (bicyclic) bond motifs is 3. The summed E-state index contributed by atoms with van der Waals surface area (Å²) in [6, 6.07) is 6.58. The number of aromatic nitrogens is 2. The van der Waals surface area contributed by atoms with Crippen LogP contribution in [0.25, 0.3) is 5.69 Å². The van der Waals surface area contributed by atoms with Crippen molar-refractivity contribution in [3.63, 3.8) is 0 Å². The number of thioether (sulfide) groups is 1. The van der Waals surface area contributed by atoms with Crippen LogP contribution in [-0.2, 0) is 5.75 Å². The van der Waals surface area contributed by atoms with Crippen molar-refractivity contribution >= 4 is 11.8 Å². The molecule has 0 unspecified atom stereocenters. The van der Waals surface area contributed by atoms with E-state index in [4.69, 9.17) is 0 Å². The van der Waals surface area contributed by atoms with Gasteiger partial charge in [0.05, 0.1) is 5.69 Å². The molecule has 1 aliphatic rings. The summed E-state index contributed by atoms with van der Waals surface area (Å²) in [7, 11) is 0. The number of aryl methyl sites for hydroxylation is 1. The molecule has 2 nitrogen and oxygen atoms in total. The van der Waals surface area contributed by atoms with Gasteiger partial charge in [0.1, 0.15) is 0 Å². The quantitative estimate of drug-likeness (QED) is 0.653. The SMILES string of the molecule is Cc1ccc2c(c1)CSc1nccn1-2. The molecule has 0 amide bonds. The fourth-order valence-corrected chi connectivity index (χ4v) is 2.74. The average molecular weight is 202 g/mol. The topological polar surface area (TPSA) is 17.8 Å². The Morgan fingerprint density at radius 2 is 2.36 bits per heavy atom. The van der Waals surface area contributed by atoms with Gasteiger partial charge in [0.15, 0.2) is 5.16 Å². The van der Waals surface area contributed by atoms with Gasteiger partial charge in [-0.05, 0) is 18.6 Å². The van der Waals surface area contributed by atoms with E-state index in [-0.39, 0.29) is 0 Å². The summed E-state index contributed by atoms with van der Waals surface area (Å²) < 4.78 is 2.16. The van der Waals surface area contributed by atoms with Crippen LogP contribution in [0.5, 0.6) is 0 Å². The second-order valence-corrected chi connectivity index (χ2v) is 4.44. The van der Waals surface area contributed by atoms with Crippen molar-refractivity contribution in [2.75, 3.05) is 0 Å². The number of hydrogen-bond donors (Lipinski definition) is 0. The Labute approximate surface area is 87.0 Å². The molecule has 0 radical (unpaired) electrons.